The molecule has 0 aliphatic rings. The van der Waals surface area contributed by atoms with Gasteiger partial charge in [-0.2, -0.15) is 0 Å². The van der Waals surface area contributed by atoms with Gasteiger partial charge in [0.1, 0.15) is 11.5 Å². The van der Waals surface area contributed by atoms with Crippen molar-refractivity contribution in [1.82, 2.24) is 0 Å². The van der Waals surface area contributed by atoms with Crippen molar-refractivity contribution in [3.63, 3.8) is 0 Å². The molecule has 0 aromatic heterocycles. The highest BCUT2D eigenvalue weighted by Crippen LogP contribution is 2.18. The van der Waals surface area contributed by atoms with Gasteiger partial charge in [-0.05, 0) is 36.4 Å². The number of hydrogen-bond donors (Lipinski definition) is 0. The van der Waals surface area contributed by atoms with E-state index in [0.29, 0.717) is 11.5 Å². The van der Waals surface area contributed by atoms with Crippen LogP contribution in [-0.4, -0.2) is 17.5 Å². The van der Waals surface area contributed by atoms with Crippen LogP contribution < -0.4 is 9.47 Å². The van der Waals surface area contributed by atoms with Gasteiger partial charge < -0.3 is 9.47 Å². The van der Waals surface area contributed by atoms with Crippen molar-refractivity contribution in [1.29, 1.82) is 0 Å². The lowest BCUT2D eigenvalue weighted by atomic mass is 10.3. The lowest BCUT2D eigenvalue weighted by Gasteiger charge is -2.06. The molecule has 2 rings (SSSR count). The van der Waals surface area contributed by atoms with Crippen molar-refractivity contribution in [2.24, 2.45) is 0 Å². The Labute approximate surface area is 128 Å². The molecule has 0 fully saturated rings. The Hall–Kier alpha value is -2.41. The number of nitrogens with zero attached hydrogens (tertiary/aromatic N) is 1. The third-order valence-corrected chi connectivity index (χ3v) is 2.98. The molecule has 0 N–H and O–H groups in total. The van der Waals surface area contributed by atoms with Crippen molar-refractivity contribution in [2.75, 3.05) is 6.61 Å². The summed E-state index contributed by atoms with van der Waals surface area (Å²) >= 11 is 3.28. The number of nitro benzene ring substituents is 1. The van der Waals surface area contributed by atoms with Gasteiger partial charge in [-0.25, -0.2) is 4.79 Å². The van der Waals surface area contributed by atoms with Crippen molar-refractivity contribution < 1.29 is 19.2 Å². The second-order valence-electron chi connectivity index (χ2n) is 3.97. The first-order valence-corrected chi connectivity index (χ1v) is 6.67. The molecule has 2 aromatic carbocycles. The van der Waals surface area contributed by atoms with Crippen LogP contribution in [-0.2, 0) is 4.79 Å². The Morgan fingerprint density at radius 3 is 2.19 bits per heavy atom. The van der Waals surface area contributed by atoms with E-state index in [4.69, 9.17) is 9.47 Å². The molecule has 21 heavy (non-hydrogen) atoms. The van der Waals surface area contributed by atoms with Gasteiger partial charge in [0, 0.05) is 16.6 Å². The quantitative estimate of drug-likeness (QED) is 0.357. The van der Waals surface area contributed by atoms with Crippen LogP contribution in [0.15, 0.2) is 53.0 Å². The van der Waals surface area contributed by atoms with E-state index >= 15 is 0 Å². The number of halogens is 1. The highest BCUT2D eigenvalue weighted by Gasteiger charge is 2.08. The van der Waals surface area contributed by atoms with Crippen LogP contribution in [0.4, 0.5) is 5.69 Å². The van der Waals surface area contributed by atoms with Crippen molar-refractivity contribution in [2.45, 2.75) is 0 Å². The molecule has 108 valence electrons. The van der Waals surface area contributed by atoms with Gasteiger partial charge in [0.05, 0.1) is 4.92 Å². The Morgan fingerprint density at radius 2 is 1.62 bits per heavy atom. The van der Waals surface area contributed by atoms with Gasteiger partial charge in [-0.3, -0.25) is 10.1 Å². The first-order chi connectivity index (χ1) is 10.0. The van der Waals surface area contributed by atoms with Crippen LogP contribution in [0.25, 0.3) is 0 Å². The molecule has 2 aromatic rings. The molecule has 6 nitrogen and oxygen atoms in total. The molecule has 0 saturated carbocycles. The van der Waals surface area contributed by atoms with E-state index in [2.05, 4.69) is 15.9 Å². The standard InChI is InChI=1S/C14H10BrNO5/c15-10-1-5-13(6-2-10)21-14(17)9-20-12-7-3-11(4-8-12)16(18)19/h1-8H,9H2. The molecule has 0 saturated heterocycles. The number of non-ortho nitro benzene ring substituents is 1. The summed E-state index contributed by atoms with van der Waals surface area (Å²) in [5.74, 6) is 0.208. The normalized spacial score (nSPS) is 9.95. The maximum Gasteiger partial charge on any atom is 0.349 e. The highest BCUT2D eigenvalue weighted by molar-refractivity contribution is 9.10. The summed E-state index contributed by atoms with van der Waals surface area (Å²) < 4.78 is 11.1. The number of carbonyl (C=O) groups is 1. The first kappa shape index (κ1) is 15.0. The first-order valence-electron chi connectivity index (χ1n) is 5.88. The third kappa shape index (κ3) is 4.57. The minimum absolute atomic E-state index is 0.0419. The highest BCUT2D eigenvalue weighted by atomic mass is 79.9. The number of esters is 1. The van der Waals surface area contributed by atoms with E-state index in [1.54, 1.807) is 24.3 Å². The number of hydrogen-bond acceptors (Lipinski definition) is 5. The SMILES string of the molecule is O=C(COc1ccc([N+](=O)[O-])cc1)Oc1ccc(Br)cc1. The second kappa shape index (κ2) is 6.85. The average molecular weight is 352 g/mol. The van der Waals surface area contributed by atoms with E-state index < -0.39 is 10.9 Å². The zero-order chi connectivity index (χ0) is 15.2. The average Bonchev–Trinajstić information content (AvgIpc) is 2.48. The molecule has 0 spiro atoms. The number of nitro groups is 1. The zero-order valence-corrected chi connectivity index (χ0v) is 12.3. The molecule has 0 atom stereocenters. The topological polar surface area (TPSA) is 78.7 Å². The van der Waals surface area contributed by atoms with Crippen molar-refractivity contribution in [3.05, 3.63) is 63.1 Å². The summed E-state index contributed by atoms with van der Waals surface area (Å²) in [5, 5.41) is 10.5. The summed E-state index contributed by atoms with van der Waals surface area (Å²) in [4.78, 5) is 21.6. The van der Waals surface area contributed by atoms with E-state index in [9.17, 15) is 14.9 Å². The fourth-order valence-corrected chi connectivity index (χ4v) is 1.73. The Bertz CT molecular complexity index is 639. The summed E-state index contributed by atoms with van der Waals surface area (Å²) in [6.45, 7) is -0.284. The largest absolute Gasteiger partial charge is 0.482 e. The van der Waals surface area contributed by atoms with E-state index in [1.807, 2.05) is 0 Å². The molecule has 0 amide bonds. The maximum atomic E-state index is 11.6. The minimum Gasteiger partial charge on any atom is -0.482 e. The molecule has 0 bridgehead atoms. The monoisotopic (exact) mass is 351 g/mol. The fourth-order valence-electron chi connectivity index (χ4n) is 1.47. The van der Waals surface area contributed by atoms with Gasteiger partial charge >= 0.3 is 5.97 Å². The molecule has 0 aliphatic carbocycles. The molecule has 7 heteroatoms. The number of benzene rings is 2. The number of carbonyl (C=O) groups excluding carboxylic acids is 1. The summed E-state index contributed by atoms with van der Waals surface area (Å²) in [6, 6.07) is 12.2. The number of rotatable bonds is 5. The second-order valence-corrected chi connectivity index (χ2v) is 4.88. The fraction of sp³-hybridized carbons (Fsp3) is 0.0714. The lowest BCUT2D eigenvalue weighted by Crippen LogP contribution is -2.17. The van der Waals surface area contributed by atoms with Gasteiger partial charge in [0.2, 0.25) is 0 Å². The van der Waals surface area contributed by atoms with Crippen LogP contribution in [0.1, 0.15) is 0 Å². The van der Waals surface area contributed by atoms with Crippen LogP contribution in [0.2, 0.25) is 0 Å². The Kier molecular flexibility index (Phi) is 4.89. The molecule has 0 radical (unpaired) electrons. The zero-order valence-electron chi connectivity index (χ0n) is 10.7. The van der Waals surface area contributed by atoms with Crippen LogP contribution >= 0.6 is 15.9 Å². The maximum absolute atomic E-state index is 11.6. The van der Waals surface area contributed by atoms with E-state index in [1.165, 1.54) is 24.3 Å². The van der Waals surface area contributed by atoms with Gasteiger partial charge in [-0.15, -0.1) is 0 Å². The molecular weight excluding hydrogens is 342 g/mol. The van der Waals surface area contributed by atoms with Crippen molar-refractivity contribution in [3.8, 4) is 11.5 Å². The van der Waals surface area contributed by atoms with Crippen LogP contribution in [0, 0.1) is 10.1 Å². The predicted molar refractivity (Wildman–Crippen MR) is 78.4 cm³/mol. The Balaban J connectivity index is 1.86. The van der Waals surface area contributed by atoms with Crippen LogP contribution in [0.3, 0.4) is 0 Å². The Morgan fingerprint density at radius 1 is 1.05 bits per heavy atom. The number of ether oxygens (including phenoxy) is 2. The smallest absolute Gasteiger partial charge is 0.349 e. The van der Waals surface area contributed by atoms with E-state index in [-0.39, 0.29) is 12.3 Å². The van der Waals surface area contributed by atoms with Crippen LogP contribution in [0.5, 0.6) is 11.5 Å². The molecule has 0 unspecified atom stereocenters. The lowest BCUT2D eigenvalue weighted by molar-refractivity contribution is -0.384. The van der Waals surface area contributed by atoms with Gasteiger partial charge in [0.25, 0.3) is 5.69 Å². The summed E-state index contributed by atoms with van der Waals surface area (Å²) in [6.07, 6.45) is 0. The molecule has 0 aliphatic heterocycles. The molecule has 0 heterocycles. The minimum atomic E-state index is -0.560. The van der Waals surface area contributed by atoms with Gasteiger partial charge in [-0.1, -0.05) is 15.9 Å². The predicted octanol–water partition coefficient (Wildman–Crippen LogP) is 3.34. The van der Waals surface area contributed by atoms with Crippen molar-refractivity contribution >= 4 is 27.6 Å². The van der Waals surface area contributed by atoms with Gasteiger partial charge in [0.15, 0.2) is 6.61 Å². The molecular formula is C14H10BrNO5. The summed E-state index contributed by atoms with van der Waals surface area (Å²) in [5.41, 5.74) is -0.0419. The van der Waals surface area contributed by atoms with E-state index in [0.717, 1.165) is 4.47 Å². The summed E-state index contributed by atoms with van der Waals surface area (Å²) in [7, 11) is 0. The third-order valence-electron chi connectivity index (χ3n) is 2.45.